The quantitative estimate of drug-likeness (QED) is 0.880. The summed E-state index contributed by atoms with van der Waals surface area (Å²) in [5.41, 5.74) is 2.73. The summed E-state index contributed by atoms with van der Waals surface area (Å²) in [6.45, 7) is 3.98. The van der Waals surface area contributed by atoms with Gasteiger partial charge in [0, 0.05) is 11.7 Å². The number of hydrogen-bond acceptors (Lipinski definition) is 3. The molecule has 0 amide bonds. The lowest BCUT2D eigenvalue weighted by molar-refractivity contribution is 0.565. The van der Waals surface area contributed by atoms with Gasteiger partial charge in [0.15, 0.2) is 0 Å². The van der Waals surface area contributed by atoms with Crippen molar-refractivity contribution < 1.29 is 0 Å². The number of nitrogens with one attached hydrogen (secondary N) is 1. The lowest BCUT2D eigenvalue weighted by atomic mass is 10.1. The van der Waals surface area contributed by atoms with Gasteiger partial charge in [0.25, 0.3) is 0 Å². The molecule has 0 atom stereocenters. The van der Waals surface area contributed by atoms with E-state index in [0.717, 1.165) is 28.9 Å². The molecule has 1 heterocycles. The number of aryl methyl sites for hydroxylation is 2. The van der Waals surface area contributed by atoms with E-state index in [-0.39, 0.29) is 0 Å². The third-order valence-electron chi connectivity index (χ3n) is 4.02. The van der Waals surface area contributed by atoms with Gasteiger partial charge in [-0.3, -0.25) is 0 Å². The highest BCUT2D eigenvalue weighted by atomic mass is 15.0. The van der Waals surface area contributed by atoms with E-state index in [1.807, 2.05) is 19.9 Å². The van der Waals surface area contributed by atoms with Crippen LogP contribution in [0.1, 0.15) is 42.5 Å². The molecule has 2 saturated carbocycles. The Kier molecular flexibility index (Phi) is 2.74. The third kappa shape index (κ3) is 2.20. The minimum Gasteiger partial charge on any atom is -0.366 e. The van der Waals surface area contributed by atoms with Gasteiger partial charge in [-0.15, -0.1) is 0 Å². The lowest BCUT2D eigenvalue weighted by Crippen LogP contribution is -2.25. The first kappa shape index (κ1) is 11.5. The Labute approximate surface area is 108 Å². The van der Waals surface area contributed by atoms with Gasteiger partial charge in [0.05, 0.1) is 5.56 Å². The van der Waals surface area contributed by atoms with E-state index in [9.17, 15) is 5.26 Å². The zero-order chi connectivity index (χ0) is 12.7. The molecule has 1 aromatic rings. The Hall–Kier alpha value is -1.56. The molecule has 18 heavy (non-hydrogen) atoms. The van der Waals surface area contributed by atoms with Crippen LogP contribution < -0.4 is 5.32 Å². The van der Waals surface area contributed by atoms with Crippen molar-refractivity contribution in [3.63, 3.8) is 0 Å². The smallest absolute Gasteiger partial charge is 0.144 e. The van der Waals surface area contributed by atoms with Crippen LogP contribution in [0.15, 0.2) is 6.07 Å². The van der Waals surface area contributed by atoms with Crippen molar-refractivity contribution in [2.24, 2.45) is 11.8 Å². The molecular weight excluding hydrogens is 222 g/mol. The Morgan fingerprint density at radius 2 is 1.89 bits per heavy atom. The molecule has 2 aliphatic rings. The number of hydrogen-bond donors (Lipinski definition) is 1. The maximum Gasteiger partial charge on any atom is 0.144 e. The number of nitriles is 1. The summed E-state index contributed by atoms with van der Waals surface area (Å²) in [7, 11) is 0. The summed E-state index contributed by atoms with van der Waals surface area (Å²) in [5, 5.41) is 12.9. The van der Waals surface area contributed by atoms with Gasteiger partial charge in [-0.2, -0.15) is 5.26 Å². The van der Waals surface area contributed by atoms with E-state index in [1.54, 1.807) is 0 Å². The Morgan fingerprint density at radius 1 is 1.28 bits per heavy atom. The van der Waals surface area contributed by atoms with E-state index in [0.29, 0.717) is 11.6 Å². The highest BCUT2D eigenvalue weighted by Crippen LogP contribution is 2.46. The number of aromatic nitrogens is 1. The molecule has 0 saturated heterocycles. The van der Waals surface area contributed by atoms with Crippen molar-refractivity contribution in [1.82, 2.24) is 4.98 Å². The van der Waals surface area contributed by atoms with E-state index in [4.69, 9.17) is 0 Å². The molecule has 0 bridgehead atoms. The third-order valence-corrected chi connectivity index (χ3v) is 4.02. The summed E-state index contributed by atoms with van der Waals surface area (Å²) < 4.78 is 0. The molecule has 0 aromatic carbocycles. The molecule has 2 aliphatic carbocycles. The molecule has 1 N–H and O–H groups in total. The summed E-state index contributed by atoms with van der Waals surface area (Å²) in [5.74, 6) is 2.43. The van der Waals surface area contributed by atoms with Crippen molar-refractivity contribution in [1.29, 1.82) is 5.26 Å². The summed E-state index contributed by atoms with van der Waals surface area (Å²) in [6.07, 6.45) is 5.34. The van der Waals surface area contributed by atoms with Crippen LogP contribution in [-0.4, -0.2) is 11.0 Å². The fraction of sp³-hybridized carbons (Fsp3) is 0.600. The minimum absolute atomic E-state index is 0.547. The fourth-order valence-electron chi connectivity index (χ4n) is 2.77. The summed E-state index contributed by atoms with van der Waals surface area (Å²) >= 11 is 0. The largest absolute Gasteiger partial charge is 0.366 e. The molecular formula is C15H19N3. The SMILES string of the molecule is Cc1cc(C)c(C#N)c(NC(C2CC2)C2CC2)n1. The van der Waals surface area contributed by atoms with Crippen LogP contribution >= 0.6 is 0 Å². The Morgan fingerprint density at radius 3 is 2.39 bits per heavy atom. The van der Waals surface area contributed by atoms with Gasteiger partial charge in [-0.25, -0.2) is 4.98 Å². The topological polar surface area (TPSA) is 48.7 Å². The number of rotatable bonds is 4. The van der Waals surface area contributed by atoms with Gasteiger partial charge in [-0.05, 0) is 63.0 Å². The predicted molar refractivity (Wildman–Crippen MR) is 71.3 cm³/mol. The molecule has 3 nitrogen and oxygen atoms in total. The lowest BCUT2D eigenvalue weighted by Gasteiger charge is -2.20. The second-order valence-electron chi connectivity index (χ2n) is 5.76. The number of pyridine rings is 1. The van der Waals surface area contributed by atoms with E-state index >= 15 is 0 Å². The highest BCUT2D eigenvalue weighted by Gasteiger charge is 2.41. The molecule has 3 rings (SSSR count). The number of nitrogens with zero attached hydrogens (tertiary/aromatic N) is 2. The van der Waals surface area contributed by atoms with E-state index in [1.165, 1.54) is 25.7 Å². The van der Waals surface area contributed by atoms with Crippen LogP contribution in [0.5, 0.6) is 0 Å². The van der Waals surface area contributed by atoms with Crippen LogP contribution in [0.3, 0.4) is 0 Å². The predicted octanol–water partition coefficient (Wildman–Crippen LogP) is 3.17. The van der Waals surface area contributed by atoms with E-state index in [2.05, 4.69) is 16.4 Å². The first-order valence-corrected chi connectivity index (χ1v) is 6.84. The molecule has 0 radical (unpaired) electrons. The Bertz CT molecular complexity index is 495. The van der Waals surface area contributed by atoms with Crippen LogP contribution in [-0.2, 0) is 0 Å². The second kappa shape index (κ2) is 4.28. The average Bonchev–Trinajstić information content (AvgIpc) is 3.17. The fourth-order valence-corrected chi connectivity index (χ4v) is 2.77. The van der Waals surface area contributed by atoms with Crippen LogP contribution in [0, 0.1) is 37.0 Å². The zero-order valence-corrected chi connectivity index (χ0v) is 11.0. The Balaban J connectivity index is 1.88. The van der Waals surface area contributed by atoms with Crippen LogP contribution in [0.2, 0.25) is 0 Å². The summed E-state index contributed by atoms with van der Waals surface area (Å²) in [4.78, 5) is 4.53. The van der Waals surface area contributed by atoms with Crippen molar-refractivity contribution in [2.75, 3.05) is 5.32 Å². The maximum atomic E-state index is 9.28. The molecule has 0 unspecified atom stereocenters. The highest BCUT2D eigenvalue weighted by molar-refractivity contribution is 5.57. The molecule has 1 aromatic heterocycles. The van der Waals surface area contributed by atoms with Crippen molar-refractivity contribution >= 4 is 5.82 Å². The summed E-state index contributed by atoms with van der Waals surface area (Å²) in [6, 6.07) is 4.82. The maximum absolute atomic E-state index is 9.28. The second-order valence-corrected chi connectivity index (χ2v) is 5.76. The van der Waals surface area contributed by atoms with Gasteiger partial charge < -0.3 is 5.32 Å². The van der Waals surface area contributed by atoms with Crippen molar-refractivity contribution in [3.05, 3.63) is 22.9 Å². The van der Waals surface area contributed by atoms with Crippen LogP contribution in [0.4, 0.5) is 5.82 Å². The van der Waals surface area contributed by atoms with Gasteiger partial charge >= 0.3 is 0 Å². The van der Waals surface area contributed by atoms with Crippen molar-refractivity contribution in [3.8, 4) is 6.07 Å². The number of anilines is 1. The molecule has 0 spiro atoms. The van der Waals surface area contributed by atoms with Crippen LogP contribution in [0.25, 0.3) is 0 Å². The van der Waals surface area contributed by atoms with E-state index < -0.39 is 0 Å². The molecule has 3 heteroatoms. The van der Waals surface area contributed by atoms with Gasteiger partial charge in [0.2, 0.25) is 0 Å². The monoisotopic (exact) mass is 241 g/mol. The average molecular weight is 241 g/mol. The van der Waals surface area contributed by atoms with Gasteiger partial charge in [-0.1, -0.05) is 0 Å². The van der Waals surface area contributed by atoms with Crippen molar-refractivity contribution in [2.45, 2.75) is 45.6 Å². The first-order valence-electron chi connectivity index (χ1n) is 6.84. The first-order chi connectivity index (χ1) is 8.69. The standard InChI is InChI=1S/C15H19N3/c1-9-7-10(2)17-15(13(9)8-16)18-14(11-3-4-11)12-5-6-12/h7,11-12,14H,3-6H2,1-2H3,(H,17,18). The van der Waals surface area contributed by atoms with Gasteiger partial charge in [0.1, 0.15) is 11.9 Å². The minimum atomic E-state index is 0.547. The molecule has 2 fully saturated rings. The molecule has 94 valence electrons. The zero-order valence-electron chi connectivity index (χ0n) is 11.0. The normalized spacial score (nSPS) is 18.8. The molecule has 0 aliphatic heterocycles.